The van der Waals surface area contributed by atoms with Crippen molar-refractivity contribution in [3.05, 3.63) is 69.5 Å². The summed E-state index contributed by atoms with van der Waals surface area (Å²) in [5.74, 6) is 1.15. The van der Waals surface area contributed by atoms with E-state index in [9.17, 15) is 4.79 Å². The van der Waals surface area contributed by atoms with Crippen molar-refractivity contribution in [3.8, 4) is 11.5 Å². The van der Waals surface area contributed by atoms with Crippen LogP contribution in [0.2, 0.25) is 5.02 Å². The van der Waals surface area contributed by atoms with Crippen LogP contribution in [-0.4, -0.2) is 4.98 Å². The van der Waals surface area contributed by atoms with Crippen LogP contribution in [0.5, 0.6) is 11.5 Å². The Morgan fingerprint density at radius 2 is 1.90 bits per heavy atom. The van der Waals surface area contributed by atoms with E-state index in [-0.39, 0.29) is 5.43 Å². The topological polar surface area (TPSA) is 42.1 Å². The van der Waals surface area contributed by atoms with Crippen LogP contribution < -0.4 is 10.2 Å². The summed E-state index contributed by atoms with van der Waals surface area (Å²) in [5.41, 5.74) is 1.60. The molecular weight excluding hydrogens is 274 g/mol. The van der Waals surface area contributed by atoms with E-state index >= 15 is 0 Å². The Bertz CT molecular complexity index is 839. The highest BCUT2D eigenvalue weighted by atomic mass is 35.5. The summed E-state index contributed by atoms with van der Waals surface area (Å²) in [5, 5.41) is 1.13. The molecule has 3 aromatic rings. The van der Waals surface area contributed by atoms with Gasteiger partial charge in [-0.05, 0) is 37.3 Å². The third kappa shape index (κ3) is 2.40. The molecule has 100 valence electrons. The molecule has 0 amide bonds. The van der Waals surface area contributed by atoms with Crippen LogP contribution in [0.25, 0.3) is 10.9 Å². The standard InChI is InChI=1S/C16H12ClNO2/c1-10-8-15(19)12-9-11(6-7-14(12)18-10)20-16-5-3-2-4-13(16)17/h2-9H,1H3,(H,18,19). The molecule has 0 aliphatic heterocycles. The SMILES string of the molecule is Cc1cc(=O)c2cc(Oc3ccccc3Cl)ccc2[nH]1. The molecule has 0 radical (unpaired) electrons. The summed E-state index contributed by atoms with van der Waals surface area (Å²) < 4.78 is 5.72. The van der Waals surface area contributed by atoms with Gasteiger partial charge in [0, 0.05) is 22.7 Å². The van der Waals surface area contributed by atoms with E-state index in [2.05, 4.69) is 4.98 Å². The molecule has 1 heterocycles. The average molecular weight is 286 g/mol. The lowest BCUT2D eigenvalue weighted by molar-refractivity contribution is 0.483. The number of nitrogens with one attached hydrogen (secondary N) is 1. The van der Waals surface area contributed by atoms with Crippen molar-refractivity contribution in [2.45, 2.75) is 6.92 Å². The first-order valence-electron chi connectivity index (χ1n) is 6.19. The van der Waals surface area contributed by atoms with Gasteiger partial charge in [-0.25, -0.2) is 0 Å². The fourth-order valence-corrected chi connectivity index (χ4v) is 2.25. The quantitative estimate of drug-likeness (QED) is 0.763. The minimum atomic E-state index is -0.0270. The van der Waals surface area contributed by atoms with Crippen LogP contribution in [0.15, 0.2) is 53.3 Å². The molecule has 20 heavy (non-hydrogen) atoms. The molecule has 2 aromatic carbocycles. The highest BCUT2D eigenvalue weighted by Crippen LogP contribution is 2.29. The zero-order valence-electron chi connectivity index (χ0n) is 10.8. The number of benzene rings is 2. The highest BCUT2D eigenvalue weighted by Gasteiger charge is 2.05. The van der Waals surface area contributed by atoms with Crippen LogP contribution in [0.4, 0.5) is 0 Å². The lowest BCUT2D eigenvalue weighted by Gasteiger charge is -2.08. The minimum absolute atomic E-state index is 0.0270. The number of H-pyrrole nitrogens is 1. The summed E-state index contributed by atoms with van der Waals surface area (Å²) in [6, 6.07) is 14.1. The molecule has 1 aromatic heterocycles. The van der Waals surface area contributed by atoms with Crippen molar-refractivity contribution >= 4 is 22.5 Å². The molecular formula is C16H12ClNO2. The van der Waals surface area contributed by atoms with E-state index in [4.69, 9.17) is 16.3 Å². The molecule has 0 fully saturated rings. The number of aromatic amines is 1. The second kappa shape index (κ2) is 5.02. The number of hydrogen-bond donors (Lipinski definition) is 1. The average Bonchev–Trinajstić information content (AvgIpc) is 2.42. The van der Waals surface area contributed by atoms with Crippen LogP contribution >= 0.6 is 11.6 Å². The maximum absolute atomic E-state index is 12.0. The normalized spacial score (nSPS) is 10.7. The smallest absolute Gasteiger partial charge is 0.189 e. The van der Waals surface area contributed by atoms with Gasteiger partial charge in [0.1, 0.15) is 11.5 Å². The first-order chi connectivity index (χ1) is 9.63. The number of aryl methyl sites for hydroxylation is 1. The zero-order valence-corrected chi connectivity index (χ0v) is 11.6. The molecule has 1 N–H and O–H groups in total. The van der Waals surface area contributed by atoms with Gasteiger partial charge in [-0.1, -0.05) is 23.7 Å². The molecule has 0 spiro atoms. The van der Waals surface area contributed by atoms with Gasteiger partial charge in [0.05, 0.1) is 5.02 Å². The van der Waals surface area contributed by atoms with Crippen molar-refractivity contribution in [1.29, 1.82) is 0 Å². The summed E-state index contributed by atoms with van der Waals surface area (Å²) >= 11 is 6.05. The molecule has 3 rings (SSSR count). The molecule has 0 saturated carbocycles. The lowest BCUT2D eigenvalue weighted by Crippen LogP contribution is -2.02. The number of pyridine rings is 1. The number of ether oxygens (including phenoxy) is 1. The van der Waals surface area contributed by atoms with Gasteiger partial charge in [-0.3, -0.25) is 4.79 Å². The molecule has 0 unspecified atom stereocenters. The van der Waals surface area contributed by atoms with Crippen molar-refractivity contribution in [1.82, 2.24) is 4.98 Å². The number of para-hydroxylation sites is 1. The summed E-state index contributed by atoms with van der Waals surface area (Å²) in [6.07, 6.45) is 0. The van der Waals surface area contributed by atoms with Gasteiger partial charge in [0.15, 0.2) is 5.43 Å². The molecule has 3 nitrogen and oxygen atoms in total. The summed E-state index contributed by atoms with van der Waals surface area (Å²) in [4.78, 5) is 15.1. The Hall–Kier alpha value is -2.26. The Kier molecular flexibility index (Phi) is 3.20. The van der Waals surface area contributed by atoms with E-state index in [1.165, 1.54) is 0 Å². The fourth-order valence-electron chi connectivity index (χ4n) is 2.08. The summed E-state index contributed by atoms with van der Waals surface area (Å²) in [7, 11) is 0. The first-order valence-corrected chi connectivity index (χ1v) is 6.57. The van der Waals surface area contributed by atoms with Gasteiger partial charge in [0.25, 0.3) is 0 Å². The van der Waals surface area contributed by atoms with Gasteiger partial charge < -0.3 is 9.72 Å². The molecule has 0 bridgehead atoms. The fraction of sp³-hybridized carbons (Fsp3) is 0.0625. The third-order valence-electron chi connectivity index (χ3n) is 3.00. The van der Waals surface area contributed by atoms with Gasteiger partial charge in [-0.2, -0.15) is 0 Å². The lowest BCUT2D eigenvalue weighted by atomic mass is 10.2. The van der Waals surface area contributed by atoms with Gasteiger partial charge >= 0.3 is 0 Å². The largest absolute Gasteiger partial charge is 0.456 e. The van der Waals surface area contributed by atoms with Crippen molar-refractivity contribution < 1.29 is 4.74 Å². The van der Waals surface area contributed by atoms with E-state index in [0.717, 1.165) is 11.2 Å². The number of fused-ring (bicyclic) bond motifs is 1. The minimum Gasteiger partial charge on any atom is -0.456 e. The van der Waals surface area contributed by atoms with Gasteiger partial charge in [0.2, 0.25) is 0 Å². The van der Waals surface area contributed by atoms with E-state index in [1.54, 1.807) is 30.3 Å². The molecule has 0 aliphatic carbocycles. The van der Waals surface area contributed by atoms with Gasteiger partial charge in [-0.15, -0.1) is 0 Å². The number of hydrogen-bond acceptors (Lipinski definition) is 2. The van der Waals surface area contributed by atoms with E-state index < -0.39 is 0 Å². The van der Waals surface area contributed by atoms with Crippen molar-refractivity contribution in [2.24, 2.45) is 0 Å². The zero-order chi connectivity index (χ0) is 14.1. The number of aromatic nitrogens is 1. The second-order valence-corrected chi connectivity index (χ2v) is 4.96. The second-order valence-electron chi connectivity index (χ2n) is 4.56. The van der Waals surface area contributed by atoms with Crippen molar-refractivity contribution in [2.75, 3.05) is 0 Å². The predicted octanol–water partition coefficient (Wildman–Crippen LogP) is 4.28. The van der Waals surface area contributed by atoms with Crippen LogP contribution in [0.3, 0.4) is 0 Å². The first kappa shape index (κ1) is 12.8. The van der Waals surface area contributed by atoms with E-state index in [1.807, 2.05) is 25.1 Å². The Morgan fingerprint density at radius 3 is 2.70 bits per heavy atom. The Balaban J connectivity index is 2.06. The highest BCUT2D eigenvalue weighted by molar-refractivity contribution is 6.32. The predicted molar refractivity (Wildman–Crippen MR) is 80.8 cm³/mol. The Morgan fingerprint density at radius 1 is 1.10 bits per heavy atom. The molecule has 0 aliphatic rings. The monoisotopic (exact) mass is 285 g/mol. The van der Waals surface area contributed by atoms with E-state index in [0.29, 0.717) is 21.9 Å². The maximum Gasteiger partial charge on any atom is 0.189 e. The van der Waals surface area contributed by atoms with Crippen LogP contribution in [0, 0.1) is 6.92 Å². The molecule has 0 saturated heterocycles. The van der Waals surface area contributed by atoms with Crippen molar-refractivity contribution in [3.63, 3.8) is 0 Å². The molecule has 4 heteroatoms. The van der Waals surface area contributed by atoms with Crippen LogP contribution in [-0.2, 0) is 0 Å². The van der Waals surface area contributed by atoms with Crippen LogP contribution in [0.1, 0.15) is 5.69 Å². The maximum atomic E-state index is 12.0. The number of halogens is 1. The summed E-state index contributed by atoms with van der Waals surface area (Å²) in [6.45, 7) is 1.86. The Labute approximate surface area is 120 Å². The third-order valence-corrected chi connectivity index (χ3v) is 3.31. The number of rotatable bonds is 2. The molecule has 0 atom stereocenters.